The first kappa shape index (κ1) is 26.3. The van der Waals surface area contributed by atoms with Crippen molar-refractivity contribution < 1.29 is 31.4 Å². The summed E-state index contributed by atoms with van der Waals surface area (Å²) in [6.45, 7) is 0.767. The minimum absolute atomic E-state index is 0.155. The normalized spacial score (nSPS) is 38.9. The van der Waals surface area contributed by atoms with E-state index in [9.17, 15) is 26.7 Å². The Hall–Kier alpha value is -1.28. The van der Waals surface area contributed by atoms with Gasteiger partial charge in [0.25, 0.3) is 0 Å². The molecule has 36 heavy (non-hydrogen) atoms. The number of benzene rings is 1. The molecule has 0 saturated carbocycles. The van der Waals surface area contributed by atoms with Crippen molar-refractivity contribution in [1.29, 1.82) is 0 Å². The monoisotopic (exact) mass is 532 g/mol. The Bertz CT molecular complexity index is 1010. The van der Waals surface area contributed by atoms with Gasteiger partial charge in [-0.3, -0.25) is 10.2 Å². The molecule has 0 spiro atoms. The second kappa shape index (κ2) is 10.1. The van der Waals surface area contributed by atoms with Gasteiger partial charge >= 0.3 is 6.18 Å². The number of fused-ring (bicyclic) bond motifs is 7. The van der Waals surface area contributed by atoms with E-state index in [1.54, 1.807) is 30.3 Å². The molecule has 4 aliphatic rings. The van der Waals surface area contributed by atoms with Gasteiger partial charge in [0, 0.05) is 18.6 Å². The molecule has 4 fully saturated rings. The van der Waals surface area contributed by atoms with Crippen LogP contribution in [0.4, 0.5) is 13.2 Å². The minimum Gasteiger partial charge on any atom is -0.377 e. The largest absolute Gasteiger partial charge is 0.421 e. The molecule has 8 nitrogen and oxygen atoms in total. The molecule has 202 valence electrons. The maximum absolute atomic E-state index is 13.9. The van der Waals surface area contributed by atoms with Gasteiger partial charge in [-0.05, 0) is 50.7 Å². The number of ether oxygens (including phenoxy) is 1. The van der Waals surface area contributed by atoms with Crippen LogP contribution in [-0.2, 0) is 14.6 Å². The quantitative estimate of drug-likeness (QED) is 0.461. The van der Waals surface area contributed by atoms with Gasteiger partial charge in [-0.15, -0.1) is 0 Å². The Morgan fingerprint density at radius 2 is 1.75 bits per heavy atom. The second-order valence-electron chi connectivity index (χ2n) is 10.5. The van der Waals surface area contributed by atoms with E-state index in [2.05, 4.69) is 21.1 Å². The molecule has 4 N–H and O–H groups in total. The smallest absolute Gasteiger partial charge is 0.377 e. The van der Waals surface area contributed by atoms with Crippen LogP contribution in [0, 0.1) is 0 Å². The lowest BCUT2D eigenvalue weighted by atomic mass is 9.92. The van der Waals surface area contributed by atoms with Gasteiger partial charge in [0.15, 0.2) is 16.1 Å². The minimum atomic E-state index is -4.86. The highest BCUT2D eigenvalue weighted by atomic mass is 32.2. The van der Waals surface area contributed by atoms with Crippen molar-refractivity contribution in [3.8, 4) is 0 Å². The Morgan fingerprint density at radius 1 is 1.00 bits per heavy atom. The van der Waals surface area contributed by atoms with Crippen LogP contribution in [0.3, 0.4) is 0 Å². The highest BCUT2D eigenvalue weighted by molar-refractivity contribution is 7.92. The van der Waals surface area contributed by atoms with Gasteiger partial charge in [-0.2, -0.15) is 13.2 Å². The Morgan fingerprint density at radius 3 is 2.50 bits per heavy atom. The van der Waals surface area contributed by atoms with Crippen LogP contribution in [0.5, 0.6) is 0 Å². The Kier molecular flexibility index (Phi) is 7.40. The molecule has 1 aromatic rings. The summed E-state index contributed by atoms with van der Waals surface area (Å²) in [5.41, 5.74) is 2.29. The lowest BCUT2D eigenvalue weighted by molar-refractivity contribution is -0.300. The average molecular weight is 533 g/mol. The molecular weight excluding hydrogens is 497 g/mol. The highest BCUT2D eigenvalue weighted by Gasteiger charge is 2.61. The molecule has 7 atom stereocenters. The predicted molar refractivity (Wildman–Crippen MR) is 126 cm³/mol. The summed E-state index contributed by atoms with van der Waals surface area (Å²) in [7, 11) is -3.65. The number of nitrogens with one attached hydrogen (secondary N) is 3. The van der Waals surface area contributed by atoms with Crippen molar-refractivity contribution in [2.24, 2.45) is 0 Å². The molecule has 6 unspecified atom stereocenters. The van der Waals surface area contributed by atoms with Crippen LogP contribution in [0.15, 0.2) is 35.2 Å². The van der Waals surface area contributed by atoms with E-state index >= 15 is 0 Å². The highest BCUT2D eigenvalue weighted by Crippen LogP contribution is 2.40. The van der Waals surface area contributed by atoms with E-state index in [4.69, 9.17) is 4.74 Å². The molecule has 4 aliphatic heterocycles. The maximum Gasteiger partial charge on any atom is 0.421 e. The summed E-state index contributed by atoms with van der Waals surface area (Å²) in [6.07, 6.45) is -3.46. The zero-order valence-corrected chi connectivity index (χ0v) is 20.9. The van der Waals surface area contributed by atoms with Crippen molar-refractivity contribution >= 4 is 9.84 Å². The van der Waals surface area contributed by atoms with Crippen molar-refractivity contribution in [3.63, 3.8) is 0 Å². The second-order valence-corrected chi connectivity index (χ2v) is 12.6. The fourth-order valence-corrected chi connectivity index (χ4v) is 8.18. The fourth-order valence-electron chi connectivity index (χ4n) is 6.28. The van der Waals surface area contributed by atoms with Crippen molar-refractivity contribution in [3.05, 3.63) is 30.3 Å². The third-order valence-electron chi connectivity index (χ3n) is 8.27. The van der Waals surface area contributed by atoms with Crippen LogP contribution < -0.4 is 16.2 Å². The summed E-state index contributed by atoms with van der Waals surface area (Å²) >= 11 is 0. The average Bonchev–Trinajstić information content (AvgIpc) is 3.53. The standard InChI is InChI=1S/C24H35F3N4O4S/c25-24(26,27)23(32)14-6-2-3-8-16-9-7-15-31(16)20-19(36(33,34)17-10-4-1-5-11-17)13-12-18(28-20)21-29-30-22(23)35-21/h1,4-5,10-11,16,18-22,28-30,32H,2-3,6-9,12-15H2/t16-,18?,19?,20?,21?,22?,23?/m1/s1. The fraction of sp³-hybridized carbons (Fsp3) is 0.750. The number of sulfone groups is 1. The Balaban J connectivity index is 1.46. The molecule has 4 bridgehead atoms. The van der Waals surface area contributed by atoms with Crippen molar-refractivity contribution in [1.82, 2.24) is 21.1 Å². The lowest BCUT2D eigenvalue weighted by Crippen LogP contribution is -2.65. The van der Waals surface area contributed by atoms with Crippen LogP contribution in [0.1, 0.15) is 57.8 Å². The zero-order chi connectivity index (χ0) is 25.6. The first-order chi connectivity index (χ1) is 17.1. The molecule has 0 amide bonds. The number of rotatable bonds is 2. The molecule has 12 heteroatoms. The van der Waals surface area contributed by atoms with Crippen molar-refractivity contribution in [2.45, 2.75) is 110 Å². The first-order valence-corrected chi connectivity index (χ1v) is 14.4. The SMILES string of the molecule is O=S(=O)(c1ccccc1)C1CCC2NC1N1CCC[C@H]1CCCCCC(O)(C(F)(F)F)C1NNC2O1. The number of hydrazine groups is 1. The van der Waals surface area contributed by atoms with Crippen LogP contribution in [0.25, 0.3) is 0 Å². The van der Waals surface area contributed by atoms with Gasteiger partial charge in [0.05, 0.1) is 16.3 Å². The summed E-state index contributed by atoms with van der Waals surface area (Å²) in [6, 6.07) is 8.14. The molecule has 1 aromatic carbocycles. The van der Waals surface area contributed by atoms with Gasteiger partial charge in [0.2, 0.25) is 5.60 Å². The summed E-state index contributed by atoms with van der Waals surface area (Å²) in [4.78, 5) is 2.53. The topological polar surface area (TPSA) is 103 Å². The van der Waals surface area contributed by atoms with E-state index < -0.39 is 57.9 Å². The van der Waals surface area contributed by atoms with Gasteiger partial charge in [0.1, 0.15) is 6.23 Å². The molecule has 5 rings (SSSR count). The van der Waals surface area contributed by atoms with Crippen molar-refractivity contribution in [2.75, 3.05) is 6.54 Å². The number of hydrogen-bond acceptors (Lipinski definition) is 8. The Labute approximate surface area is 209 Å². The molecule has 0 radical (unpaired) electrons. The van der Waals surface area contributed by atoms with Crippen LogP contribution in [-0.4, -0.2) is 72.7 Å². The summed E-state index contributed by atoms with van der Waals surface area (Å²) < 4.78 is 75.0. The van der Waals surface area contributed by atoms with E-state index in [-0.39, 0.29) is 17.4 Å². The number of nitrogens with zero attached hydrogens (tertiary/aromatic N) is 1. The number of aliphatic hydroxyl groups is 1. The summed E-state index contributed by atoms with van der Waals surface area (Å²) in [5.74, 6) is 0. The first-order valence-electron chi connectivity index (χ1n) is 12.9. The number of alkyl halides is 3. The number of piperidine rings is 1. The number of halogens is 3. The summed E-state index contributed by atoms with van der Waals surface area (Å²) in [5, 5.41) is 13.5. The van der Waals surface area contributed by atoms with Crippen LogP contribution in [0.2, 0.25) is 0 Å². The van der Waals surface area contributed by atoms with E-state index in [0.29, 0.717) is 25.7 Å². The lowest BCUT2D eigenvalue weighted by Gasteiger charge is -2.45. The molecule has 0 aromatic heterocycles. The van der Waals surface area contributed by atoms with E-state index in [1.807, 2.05) is 0 Å². The predicted octanol–water partition coefficient (Wildman–Crippen LogP) is 2.41. The molecule has 4 saturated heterocycles. The van der Waals surface area contributed by atoms with E-state index in [1.165, 1.54) is 0 Å². The van der Waals surface area contributed by atoms with Gasteiger partial charge in [-0.1, -0.05) is 37.5 Å². The molecule has 4 heterocycles. The maximum atomic E-state index is 13.9. The third kappa shape index (κ3) is 4.81. The molecular formula is C24H35F3N4O4S. The van der Waals surface area contributed by atoms with Gasteiger partial charge in [-0.25, -0.2) is 19.3 Å². The van der Waals surface area contributed by atoms with Crippen LogP contribution >= 0.6 is 0 Å². The number of hydrogen-bond donors (Lipinski definition) is 4. The van der Waals surface area contributed by atoms with E-state index in [0.717, 1.165) is 25.8 Å². The zero-order valence-electron chi connectivity index (χ0n) is 20.1. The van der Waals surface area contributed by atoms with Gasteiger partial charge < -0.3 is 9.84 Å². The third-order valence-corrected chi connectivity index (χ3v) is 10.5. The molecule has 0 aliphatic carbocycles.